The normalized spacial score (nSPS) is 19.0. The molecule has 0 aliphatic carbocycles. The molecular formula is C27H30N6O2S. The lowest BCUT2D eigenvalue weighted by molar-refractivity contribution is -0.117. The highest BCUT2D eigenvalue weighted by Gasteiger charge is 2.26. The Balaban J connectivity index is 1.39. The Morgan fingerprint density at radius 2 is 1.75 bits per heavy atom. The average Bonchev–Trinajstić information content (AvgIpc) is 3.21. The highest BCUT2D eigenvalue weighted by atomic mass is 32.2. The monoisotopic (exact) mass is 502 g/mol. The predicted molar refractivity (Wildman–Crippen MR) is 146 cm³/mol. The van der Waals surface area contributed by atoms with Crippen LogP contribution in [0.15, 0.2) is 65.6 Å². The summed E-state index contributed by atoms with van der Waals surface area (Å²) in [5.74, 6) is 1.13. The van der Waals surface area contributed by atoms with Gasteiger partial charge in [0.15, 0.2) is 5.56 Å². The SMILES string of the molecule is Cc1ccc(N2CCN(c3nc(C=C4SC(O)NC4=O)cc(N(C)Cc4ccccc4)n3)CC2)cc1. The first-order chi connectivity index (χ1) is 17.4. The third-order valence-corrected chi connectivity index (χ3v) is 7.23. The molecule has 0 spiro atoms. The number of thioether (sulfide) groups is 1. The molecule has 1 atom stereocenters. The van der Waals surface area contributed by atoms with Crippen molar-refractivity contribution in [2.24, 2.45) is 0 Å². The van der Waals surface area contributed by atoms with Crippen molar-refractivity contribution in [3.05, 3.63) is 82.4 Å². The first-order valence-electron chi connectivity index (χ1n) is 12.0. The Bertz CT molecular complexity index is 1240. The van der Waals surface area contributed by atoms with Crippen molar-refractivity contribution >= 4 is 41.2 Å². The van der Waals surface area contributed by atoms with Gasteiger partial charge in [0, 0.05) is 51.5 Å². The molecule has 2 aliphatic heterocycles. The van der Waals surface area contributed by atoms with E-state index >= 15 is 0 Å². The summed E-state index contributed by atoms with van der Waals surface area (Å²) in [6.45, 7) is 6.13. The Morgan fingerprint density at radius 3 is 2.42 bits per heavy atom. The van der Waals surface area contributed by atoms with Crippen LogP contribution >= 0.6 is 11.8 Å². The molecule has 1 unspecified atom stereocenters. The van der Waals surface area contributed by atoms with Gasteiger partial charge >= 0.3 is 0 Å². The van der Waals surface area contributed by atoms with E-state index in [0.29, 0.717) is 23.1 Å². The number of hydrogen-bond acceptors (Lipinski definition) is 8. The molecular weight excluding hydrogens is 472 g/mol. The van der Waals surface area contributed by atoms with Gasteiger partial charge in [-0.25, -0.2) is 4.98 Å². The van der Waals surface area contributed by atoms with E-state index in [1.54, 1.807) is 6.08 Å². The molecule has 2 aliphatic rings. The van der Waals surface area contributed by atoms with Gasteiger partial charge in [-0.05, 0) is 30.7 Å². The zero-order valence-electron chi connectivity index (χ0n) is 20.5. The van der Waals surface area contributed by atoms with Gasteiger partial charge in [-0.15, -0.1) is 0 Å². The Labute approximate surface area is 215 Å². The third-order valence-electron chi connectivity index (χ3n) is 6.33. The summed E-state index contributed by atoms with van der Waals surface area (Å²) >= 11 is 1.09. The molecule has 0 bridgehead atoms. The fourth-order valence-electron chi connectivity index (χ4n) is 4.33. The molecule has 2 saturated heterocycles. The van der Waals surface area contributed by atoms with Crippen LogP contribution in [-0.4, -0.2) is 59.8 Å². The summed E-state index contributed by atoms with van der Waals surface area (Å²) in [7, 11) is 2.01. The number of nitrogens with zero attached hydrogens (tertiary/aromatic N) is 5. The Morgan fingerprint density at radius 1 is 1.06 bits per heavy atom. The number of aromatic nitrogens is 2. The average molecular weight is 503 g/mol. The number of piperazine rings is 1. The lowest BCUT2D eigenvalue weighted by atomic mass is 10.2. The molecule has 2 aromatic carbocycles. The maximum absolute atomic E-state index is 12.2. The first-order valence-corrected chi connectivity index (χ1v) is 12.9. The zero-order chi connectivity index (χ0) is 25.1. The maximum atomic E-state index is 12.2. The molecule has 1 aromatic heterocycles. The van der Waals surface area contributed by atoms with E-state index in [1.165, 1.54) is 16.8 Å². The molecule has 3 heterocycles. The number of aryl methyl sites for hydroxylation is 1. The van der Waals surface area contributed by atoms with Gasteiger partial charge in [0.05, 0.1) is 10.6 Å². The second-order valence-corrected chi connectivity index (χ2v) is 10.2. The minimum absolute atomic E-state index is 0.293. The first kappa shape index (κ1) is 24.1. The van der Waals surface area contributed by atoms with Gasteiger partial charge < -0.3 is 25.1 Å². The van der Waals surface area contributed by atoms with E-state index in [0.717, 1.165) is 43.8 Å². The second-order valence-electron chi connectivity index (χ2n) is 9.05. The van der Waals surface area contributed by atoms with Gasteiger partial charge in [0.1, 0.15) is 5.82 Å². The number of aliphatic hydroxyl groups excluding tert-OH is 1. The number of rotatable bonds is 6. The van der Waals surface area contributed by atoms with Gasteiger partial charge in [-0.2, -0.15) is 4.98 Å². The number of hydrogen-bond donors (Lipinski definition) is 2. The molecule has 1 amide bonds. The van der Waals surface area contributed by atoms with Crippen LogP contribution in [0.25, 0.3) is 6.08 Å². The molecule has 2 fully saturated rings. The summed E-state index contributed by atoms with van der Waals surface area (Å²) in [6, 6.07) is 20.8. The van der Waals surface area contributed by atoms with E-state index in [2.05, 4.69) is 63.3 Å². The lowest BCUT2D eigenvalue weighted by Gasteiger charge is -2.36. The quantitative estimate of drug-likeness (QED) is 0.497. The van der Waals surface area contributed by atoms with Gasteiger partial charge in [0.2, 0.25) is 5.95 Å². The Kier molecular flexibility index (Phi) is 7.11. The standard InChI is InChI=1S/C27H30N6O2S/c1-19-8-10-22(11-9-19)32-12-14-33(15-13-32)26-28-21(16-23-25(34)30-27(35)36-23)17-24(29-26)31(2)18-20-6-4-3-5-7-20/h3-11,16-17,27,35H,12-15,18H2,1-2H3,(H,30,34). The fourth-order valence-corrected chi connectivity index (χ4v) is 5.09. The number of amides is 1. The molecule has 3 aromatic rings. The molecule has 0 radical (unpaired) electrons. The minimum Gasteiger partial charge on any atom is -0.368 e. The highest BCUT2D eigenvalue weighted by molar-refractivity contribution is 8.05. The molecule has 9 heteroatoms. The number of carbonyl (C=O) groups excluding carboxylic acids is 1. The second kappa shape index (κ2) is 10.6. The topological polar surface area (TPSA) is 84.8 Å². The number of benzene rings is 2. The van der Waals surface area contributed by atoms with E-state index in [9.17, 15) is 9.90 Å². The Hall–Kier alpha value is -3.56. The van der Waals surface area contributed by atoms with E-state index < -0.39 is 5.56 Å². The van der Waals surface area contributed by atoms with Crippen LogP contribution in [0.1, 0.15) is 16.8 Å². The predicted octanol–water partition coefficient (Wildman–Crippen LogP) is 3.23. The van der Waals surface area contributed by atoms with Crippen LogP contribution in [0.2, 0.25) is 0 Å². The van der Waals surface area contributed by atoms with Crippen molar-refractivity contribution < 1.29 is 9.90 Å². The lowest BCUT2D eigenvalue weighted by Crippen LogP contribution is -2.47. The minimum atomic E-state index is -0.930. The van der Waals surface area contributed by atoms with E-state index in [-0.39, 0.29) is 5.91 Å². The molecule has 186 valence electrons. The molecule has 2 N–H and O–H groups in total. The van der Waals surface area contributed by atoms with Gasteiger partial charge in [0.25, 0.3) is 5.91 Å². The zero-order valence-corrected chi connectivity index (χ0v) is 21.3. The van der Waals surface area contributed by atoms with Crippen LogP contribution < -0.4 is 20.0 Å². The maximum Gasteiger partial charge on any atom is 0.260 e. The summed E-state index contributed by atoms with van der Waals surface area (Å²) in [6.07, 6.45) is 1.73. The summed E-state index contributed by atoms with van der Waals surface area (Å²) in [5.41, 5.74) is 3.37. The molecule has 0 saturated carbocycles. The van der Waals surface area contributed by atoms with Crippen molar-refractivity contribution in [1.82, 2.24) is 15.3 Å². The van der Waals surface area contributed by atoms with Crippen LogP contribution in [0.3, 0.4) is 0 Å². The third kappa shape index (κ3) is 5.63. The van der Waals surface area contributed by atoms with E-state index in [1.807, 2.05) is 31.3 Å². The van der Waals surface area contributed by atoms with Crippen molar-refractivity contribution in [3.8, 4) is 0 Å². The smallest absolute Gasteiger partial charge is 0.260 e. The molecule has 8 nitrogen and oxygen atoms in total. The number of carbonyl (C=O) groups is 1. The van der Waals surface area contributed by atoms with Crippen LogP contribution in [-0.2, 0) is 11.3 Å². The summed E-state index contributed by atoms with van der Waals surface area (Å²) in [4.78, 5) is 29.0. The van der Waals surface area contributed by atoms with Gasteiger partial charge in [-0.3, -0.25) is 4.79 Å². The van der Waals surface area contributed by atoms with Crippen molar-refractivity contribution in [2.45, 2.75) is 19.0 Å². The van der Waals surface area contributed by atoms with E-state index in [4.69, 9.17) is 9.97 Å². The van der Waals surface area contributed by atoms with Crippen molar-refractivity contribution in [2.75, 3.05) is 47.9 Å². The molecule has 5 rings (SSSR count). The van der Waals surface area contributed by atoms with Crippen molar-refractivity contribution in [1.29, 1.82) is 0 Å². The summed E-state index contributed by atoms with van der Waals surface area (Å²) < 4.78 is 0. The van der Waals surface area contributed by atoms with Crippen LogP contribution in [0.5, 0.6) is 0 Å². The van der Waals surface area contributed by atoms with Crippen LogP contribution in [0.4, 0.5) is 17.5 Å². The number of aliphatic hydroxyl groups is 1. The fraction of sp³-hybridized carbons (Fsp3) is 0.296. The summed E-state index contributed by atoms with van der Waals surface area (Å²) in [5, 5.41) is 12.3. The highest BCUT2D eigenvalue weighted by Crippen LogP contribution is 2.29. The van der Waals surface area contributed by atoms with Crippen molar-refractivity contribution in [3.63, 3.8) is 0 Å². The van der Waals surface area contributed by atoms with Gasteiger partial charge in [-0.1, -0.05) is 59.8 Å². The molecule has 36 heavy (non-hydrogen) atoms. The van der Waals surface area contributed by atoms with Crippen LogP contribution in [0, 0.1) is 6.92 Å². The number of nitrogens with one attached hydrogen (secondary N) is 1. The largest absolute Gasteiger partial charge is 0.368 e. The number of anilines is 3.